The Labute approximate surface area is 533 Å². The molecular formula is C75H134O12. The lowest BCUT2D eigenvalue weighted by atomic mass is 9.98. The molecule has 3 N–H and O–H groups in total. The zero-order valence-electron chi connectivity index (χ0n) is 56.3. The number of carboxylic acids is 1. The maximum Gasteiger partial charge on any atom is 0.335 e. The van der Waals surface area contributed by atoms with Gasteiger partial charge in [0.05, 0.1) is 6.61 Å². The van der Waals surface area contributed by atoms with Crippen LogP contribution in [0.3, 0.4) is 0 Å². The van der Waals surface area contributed by atoms with Gasteiger partial charge in [0, 0.05) is 19.3 Å². The Hall–Kier alpha value is -3.32. The van der Waals surface area contributed by atoms with Crippen molar-refractivity contribution >= 4 is 23.9 Å². The van der Waals surface area contributed by atoms with Gasteiger partial charge in [-0.1, -0.05) is 301 Å². The number of esters is 3. The molecule has 1 rings (SSSR count). The first-order valence-corrected chi connectivity index (χ1v) is 36.6. The fraction of sp³-hybridized carbons (Fsp3) is 0.840. The predicted octanol–water partition coefficient (Wildman–Crippen LogP) is 20.5. The first kappa shape index (κ1) is 81.7. The number of rotatable bonds is 64. The molecule has 0 aliphatic carbocycles. The van der Waals surface area contributed by atoms with Gasteiger partial charge in [0.1, 0.15) is 18.8 Å². The first-order chi connectivity index (χ1) is 42.6. The van der Waals surface area contributed by atoms with Crippen LogP contribution in [-0.2, 0) is 42.9 Å². The Bertz CT molecular complexity index is 1690. The summed E-state index contributed by atoms with van der Waals surface area (Å²) < 4.78 is 28.7. The summed E-state index contributed by atoms with van der Waals surface area (Å²) in [5, 5.41) is 31.7. The fourth-order valence-corrected chi connectivity index (χ4v) is 11.3. The number of ether oxygens (including phenoxy) is 5. The van der Waals surface area contributed by atoms with Crippen LogP contribution in [0, 0.1) is 0 Å². The molecule has 0 aromatic heterocycles. The summed E-state index contributed by atoms with van der Waals surface area (Å²) in [6, 6.07) is 0. The van der Waals surface area contributed by atoms with E-state index in [9.17, 15) is 34.5 Å². The highest BCUT2D eigenvalue weighted by atomic mass is 16.7. The number of carbonyl (C=O) groups is 4. The SMILES string of the molecule is CCCCC/C=C\C/C=C\C/C=C\CCCCCCCCC(=O)OCC(COC1OC(C(=O)O)C(O)C(O)C1OC(=O)CCCCCCCCCCC/C=C\CCCCCCCC)OC(=O)CCCCCCCCCCCCCCCCCCCCC. The number of allylic oxidation sites excluding steroid dienone is 8. The molecule has 0 aromatic carbocycles. The average molecular weight is 1230 g/mol. The topological polar surface area (TPSA) is 175 Å². The van der Waals surface area contributed by atoms with Crippen LogP contribution in [0.15, 0.2) is 48.6 Å². The van der Waals surface area contributed by atoms with Crippen molar-refractivity contribution in [1.82, 2.24) is 0 Å². The third kappa shape index (κ3) is 52.1. The lowest BCUT2D eigenvalue weighted by molar-refractivity contribution is -0.301. The van der Waals surface area contributed by atoms with Gasteiger partial charge in [-0.15, -0.1) is 0 Å². The van der Waals surface area contributed by atoms with Crippen LogP contribution in [0.25, 0.3) is 0 Å². The molecule has 1 saturated heterocycles. The van der Waals surface area contributed by atoms with E-state index >= 15 is 0 Å². The number of aliphatic carboxylic acids is 1. The molecule has 0 saturated carbocycles. The van der Waals surface area contributed by atoms with Crippen LogP contribution >= 0.6 is 0 Å². The molecule has 12 nitrogen and oxygen atoms in total. The zero-order valence-corrected chi connectivity index (χ0v) is 56.3. The van der Waals surface area contributed by atoms with Crippen LogP contribution in [-0.4, -0.2) is 89.2 Å². The van der Waals surface area contributed by atoms with E-state index in [0.717, 1.165) is 103 Å². The molecule has 6 unspecified atom stereocenters. The van der Waals surface area contributed by atoms with E-state index in [0.29, 0.717) is 19.3 Å². The van der Waals surface area contributed by atoms with E-state index in [1.54, 1.807) is 0 Å². The van der Waals surface area contributed by atoms with Crippen LogP contribution in [0.4, 0.5) is 0 Å². The first-order valence-electron chi connectivity index (χ1n) is 36.6. The van der Waals surface area contributed by atoms with E-state index in [1.807, 2.05) is 0 Å². The van der Waals surface area contributed by atoms with Gasteiger partial charge in [-0.05, 0) is 83.5 Å². The predicted molar refractivity (Wildman–Crippen MR) is 359 cm³/mol. The summed E-state index contributed by atoms with van der Waals surface area (Å²) in [6.45, 7) is 6.03. The number of carboxylic acid groups (broad SMARTS) is 1. The Balaban J connectivity index is 2.62. The van der Waals surface area contributed by atoms with E-state index in [4.69, 9.17) is 23.7 Å². The Morgan fingerprint density at radius 2 is 0.690 bits per heavy atom. The molecule has 0 bridgehead atoms. The number of carbonyl (C=O) groups excluding carboxylic acids is 3. The molecule has 0 aromatic rings. The maximum atomic E-state index is 13.3. The van der Waals surface area contributed by atoms with Crippen molar-refractivity contribution in [2.24, 2.45) is 0 Å². The highest BCUT2D eigenvalue weighted by Crippen LogP contribution is 2.27. The third-order valence-electron chi connectivity index (χ3n) is 16.9. The highest BCUT2D eigenvalue weighted by molar-refractivity contribution is 5.74. The summed E-state index contributed by atoms with van der Waals surface area (Å²) in [5.74, 6) is -3.10. The van der Waals surface area contributed by atoms with Crippen LogP contribution < -0.4 is 0 Å². The monoisotopic (exact) mass is 1230 g/mol. The lowest BCUT2D eigenvalue weighted by Crippen LogP contribution is -2.61. The highest BCUT2D eigenvalue weighted by Gasteiger charge is 2.50. The molecule has 0 radical (unpaired) electrons. The number of aliphatic hydroxyl groups is 2. The van der Waals surface area contributed by atoms with E-state index < -0.39 is 67.3 Å². The van der Waals surface area contributed by atoms with Gasteiger partial charge in [0.2, 0.25) is 0 Å². The molecule has 1 fully saturated rings. The lowest BCUT2D eigenvalue weighted by Gasteiger charge is -2.40. The quantitative estimate of drug-likeness (QED) is 0.0228. The smallest absolute Gasteiger partial charge is 0.335 e. The van der Waals surface area contributed by atoms with Gasteiger partial charge in [-0.25, -0.2) is 4.79 Å². The molecular weight excluding hydrogens is 1090 g/mol. The minimum atomic E-state index is -1.90. The molecule has 87 heavy (non-hydrogen) atoms. The van der Waals surface area contributed by atoms with Gasteiger partial charge < -0.3 is 39.0 Å². The Kier molecular flexibility index (Phi) is 59.0. The van der Waals surface area contributed by atoms with Crippen molar-refractivity contribution < 1.29 is 58.2 Å². The van der Waals surface area contributed by atoms with Gasteiger partial charge >= 0.3 is 23.9 Å². The standard InChI is InChI=1S/C75H134O12/c1-4-7-10-13-16-19-22-25-28-31-34-37-40-43-46-49-52-55-58-61-67(76)83-64-66(85-68(77)62-59-56-53-50-47-44-41-38-35-32-29-26-23-20-17-14-11-8-5-2)65-84-75-73(71(80)70(79)72(87-75)74(81)82)86-69(78)63-60-57-54-51-48-45-42-39-36-33-30-27-24-21-18-15-12-9-6-3/h16,19,25,27-28,30,34,37,66,70-73,75,79-80H,4-15,17-18,20-24,26,29,31-33,35-36,38-65H2,1-3H3,(H,81,82)/b19-16-,28-25-,30-27-,37-34-. The molecule has 506 valence electrons. The van der Waals surface area contributed by atoms with Crippen LogP contribution in [0.5, 0.6) is 0 Å². The van der Waals surface area contributed by atoms with Crippen molar-refractivity contribution in [3.63, 3.8) is 0 Å². The largest absolute Gasteiger partial charge is 0.479 e. The second kappa shape index (κ2) is 62.9. The zero-order chi connectivity index (χ0) is 63.1. The maximum absolute atomic E-state index is 13.3. The molecule has 1 aliphatic rings. The minimum absolute atomic E-state index is 0.0598. The van der Waals surface area contributed by atoms with Crippen molar-refractivity contribution in [3.8, 4) is 0 Å². The van der Waals surface area contributed by atoms with Crippen molar-refractivity contribution in [3.05, 3.63) is 48.6 Å². The molecule has 0 spiro atoms. The van der Waals surface area contributed by atoms with Gasteiger partial charge in [-0.3, -0.25) is 14.4 Å². The van der Waals surface area contributed by atoms with Crippen LogP contribution in [0.2, 0.25) is 0 Å². The summed E-state index contributed by atoms with van der Waals surface area (Å²) in [7, 11) is 0. The molecule has 12 heteroatoms. The summed E-state index contributed by atoms with van der Waals surface area (Å²) >= 11 is 0. The number of aliphatic hydroxyl groups excluding tert-OH is 2. The van der Waals surface area contributed by atoms with Crippen LogP contribution in [0.1, 0.15) is 355 Å². The van der Waals surface area contributed by atoms with E-state index in [1.165, 1.54) is 193 Å². The fourth-order valence-electron chi connectivity index (χ4n) is 11.3. The number of unbranched alkanes of at least 4 members (excludes halogenated alkanes) is 42. The molecule has 1 heterocycles. The van der Waals surface area contributed by atoms with Gasteiger partial charge in [0.25, 0.3) is 0 Å². The minimum Gasteiger partial charge on any atom is -0.479 e. The van der Waals surface area contributed by atoms with E-state index in [2.05, 4.69) is 69.4 Å². The van der Waals surface area contributed by atoms with Gasteiger partial charge in [-0.2, -0.15) is 0 Å². The number of hydrogen-bond donors (Lipinski definition) is 3. The van der Waals surface area contributed by atoms with Crippen molar-refractivity contribution in [2.75, 3.05) is 13.2 Å². The summed E-state index contributed by atoms with van der Waals surface area (Å²) in [4.78, 5) is 51.6. The third-order valence-corrected chi connectivity index (χ3v) is 16.9. The van der Waals surface area contributed by atoms with Gasteiger partial charge in [0.15, 0.2) is 24.6 Å². The van der Waals surface area contributed by atoms with E-state index in [-0.39, 0.29) is 25.9 Å². The second-order valence-electron chi connectivity index (χ2n) is 25.2. The summed E-state index contributed by atoms with van der Waals surface area (Å²) in [5.41, 5.74) is 0. The van der Waals surface area contributed by atoms with Crippen molar-refractivity contribution in [2.45, 2.75) is 391 Å². The number of hydrogen-bond acceptors (Lipinski definition) is 11. The Morgan fingerprint density at radius 3 is 1.08 bits per heavy atom. The summed E-state index contributed by atoms with van der Waals surface area (Å²) in [6.07, 6.45) is 66.3. The Morgan fingerprint density at radius 1 is 0.379 bits per heavy atom. The molecule has 1 aliphatic heterocycles. The molecule has 0 amide bonds. The second-order valence-corrected chi connectivity index (χ2v) is 25.2. The molecule has 6 atom stereocenters. The van der Waals surface area contributed by atoms with Crippen molar-refractivity contribution in [1.29, 1.82) is 0 Å². The average Bonchev–Trinajstić information content (AvgIpc) is 2.56. The normalized spacial score (nSPS) is 17.6.